The number of fused-ring (bicyclic) bond motifs is 1. The van der Waals surface area contributed by atoms with Crippen LogP contribution in [0, 0.1) is 0 Å². The van der Waals surface area contributed by atoms with Gasteiger partial charge in [0.15, 0.2) is 6.10 Å². The normalized spacial score (nSPS) is 15.7. The van der Waals surface area contributed by atoms with Gasteiger partial charge >= 0.3 is 5.97 Å². The summed E-state index contributed by atoms with van der Waals surface area (Å²) < 4.78 is 5.24. The summed E-state index contributed by atoms with van der Waals surface area (Å²) >= 11 is 0. The Balaban J connectivity index is 2.07. The van der Waals surface area contributed by atoms with Crippen LogP contribution in [-0.2, 0) is 16.0 Å². The molecule has 0 saturated heterocycles. The molecule has 0 aliphatic carbocycles. The third-order valence-electron chi connectivity index (χ3n) is 3.01. The fourth-order valence-electron chi connectivity index (χ4n) is 2.20. The van der Waals surface area contributed by atoms with Crippen LogP contribution in [0.1, 0.15) is 12.5 Å². The van der Waals surface area contributed by atoms with Gasteiger partial charge in [0, 0.05) is 18.8 Å². The van der Waals surface area contributed by atoms with Crippen LogP contribution in [0.25, 0.3) is 0 Å². The molecule has 1 heterocycles. The quantitative estimate of drug-likeness (QED) is 0.841. The Morgan fingerprint density at radius 1 is 1.53 bits per heavy atom. The number of ether oxygens (including phenoxy) is 1. The third kappa shape index (κ3) is 2.58. The first-order chi connectivity index (χ1) is 8.22. The number of aliphatic carboxylic acids is 1. The highest BCUT2D eigenvalue weighted by Gasteiger charge is 2.25. The molecule has 2 rings (SSSR count). The van der Waals surface area contributed by atoms with Crippen molar-refractivity contribution in [2.24, 2.45) is 0 Å². The minimum atomic E-state index is -0.892. The molecule has 0 spiro atoms. The molecule has 1 unspecified atom stereocenters. The standard InChI is InChI=1S/C13H17NO3/c1-2-17-12(13(15)16)9-14-8-7-10-5-3-4-6-11(10)14/h3-6,12H,2,7-9H2,1H3,(H,15,16). The average Bonchev–Trinajstić information content (AvgIpc) is 2.72. The number of rotatable bonds is 5. The molecule has 0 radical (unpaired) electrons. The SMILES string of the molecule is CCOC(CN1CCc2ccccc21)C(=O)O. The maximum Gasteiger partial charge on any atom is 0.334 e. The number of carbonyl (C=O) groups is 1. The topological polar surface area (TPSA) is 49.8 Å². The van der Waals surface area contributed by atoms with Crippen molar-refractivity contribution in [2.75, 3.05) is 24.6 Å². The van der Waals surface area contributed by atoms with Crippen LogP contribution in [0.3, 0.4) is 0 Å². The molecule has 0 amide bonds. The number of carboxylic acid groups (broad SMARTS) is 1. The van der Waals surface area contributed by atoms with Gasteiger partial charge in [-0.2, -0.15) is 0 Å². The van der Waals surface area contributed by atoms with E-state index in [0.29, 0.717) is 13.2 Å². The largest absolute Gasteiger partial charge is 0.479 e. The van der Waals surface area contributed by atoms with Crippen LogP contribution in [0.5, 0.6) is 0 Å². The van der Waals surface area contributed by atoms with E-state index in [1.165, 1.54) is 5.56 Å². The number of benzene rings is 1. The van der Waals surface area contributed by atoms with Crippen molar-refractivity contribution >= 4 is 11.7 Å². The van der Waals surface area contributed by atoms with Gasteiger partial charge in [0.05, 0.1) is 6.54 Å². The summed E-state index contributed by atoms with van der Waals surface area (Å²) in [6.45, 7) is 3.52. The van der Waals surface area contributed by atoms with Crippen molar-refractivity contribution in [1.82, 2.24) is 0 Å². The van der Waals surface area contributed by atoms with Gasteiger partial charge in [-0.15, -0.1) is 0 Å². The van der Waals surface area contributed by atoms with Gasteiger partial charge in [0.2, 0.25) is 0 Å². The maximum atomic E-state index is 11.0. The van der Waals surface area contributed by atoms with E-state index >= 15 is 0 Å². The Bertz CT molecular complexity index is 405. The molecule has 4 heteroatoms. The predicted octanol–water partition coefficient (Wildman–Crippen LogP) is 1.54. The molecular weight excluding hydrogens is 218 g/mol. The fourth-order valence-corrected chi connectivity index (χ4v) is 2.20. The summed E-state index contributed by atoms with van der Waals surface area (Å²) in [5, 5.41) is 9.06. The van der Waals surface area contributed by atoms with Crippen molar-refractivity contribution in [2.45, 2.75) is 19.4 Å². The third-order valence-corrected chi connectivity index (χ3v) is 3.01. The number of hydrogen-bond donors (Lipinski definition) is 1. The molecule has 1 aromatic rings. The monoisotopic (exact) mass is 235 g/mol. The Kier molecular flexibility index (Phi) is 3.64. The van der Waals surface area contributed by atoms with Gasteiger partial charge in [0.1, 0.15) is 0 Å². The van der Waals surface area contributed by atoms with E-state index in [4.69, 9.17) is 9.84 Å². The summed E-state index contributed by atoms with van der Waals surface area (Å²) in [6.07, 6.45) is 0.236. The van der Waals surface area contributed by atoms with E-state index in [9.17, 15) is 4.79 Å². The second-order valence-corrected chi connectivity index (χ2v) is 4.11. The lowest BCUT2D eigenvalue weighted by Gasteiger charge is -2.23. The lowest BCUT2D eigenvalue weighted by molar-refractivity contribution is -0.149. The molecule has 1 aliphatic rings. The van der Waals surface area contributed by atoms with Crippen LogP contribution >= 0.6 is 0 Å². The number of para-hydroxylation sites is 1. The summed E-state index contributed by atoms with van der Waals surface area (Å²) in [5.41, 5.74) is 2.42. The summed E-state index contributed by atoms with van der Waals surface area (Å²) in [6, 6.07) is 8.12. The minimum absolute atomic E-state index is 0.417. The number of hydrogen-bond acceptors (Lipinski definition) is 3. The van der Waals surface area contributed by atoms with E-state index in [1.54, 1.807) is 0 Å². The molecule has 1 aromatic carbocycles. The Morgan fingerprint density at radius 2 is 2.29 bits per heavy atom. The Morgan fingerprint density at radius 3 is 3.00 bits per heavy atom. The molecule has 17 heavy (non-hydrogen) atoms. The van der Waals surface area contributed by atoms with E-state index in [0.717, 1.165) is 18.7 Å². The fraction of sp³-hybridized carbons (Fsp3) is 0.462. The summed E-state index contributed by atoms with van der Waals surface area (Å²) in [5.74, 6) is -0.892. The number of nitrogens with zero attached hydrogens (tertiary/aromatic N) is 1. The van der Waals surface area contributed by atoms with Crippen LogP contribution in [0.15, 0.2) is 24.3 Å². The zero-order chi connectivity index (χ0) is 12.3. The highest BCUT2D eigenvalue weighted by atomic mass is 16.5. The van der Waals surface area contributed by atoms with Crippen LogP contribution in [0.2, 0.25) is 0 Å². The van der Waals surface area contributed by atoms with Crippen molar-refractivity contribution in [3.05, 3.63) is 29.8 Å². The van der Waals surface area contributed by atoms with Crippen molar-refractivity contribution < 1.29 is 14.6 Å². The zero-order valence-corrected chi connectivity index (χ0v) is 9.93. The molecule has 1 atom stereocenters. The molecule has 92 valence electrons. The molecule has 1 aliphatic heterocycles. The van der Waals surface area contributed by atoms with Crippen molar-refractivity contribution in [1.29, 1.82) is 0 Å². The van der Waals surface area contributed by atoms with Crippen molar-refractivity contribution in [3.63, 3.8) is 0 Å². The zero-order valence-electron chi connectivity index (χ0n) is 9.93. The van der Waals surface area contributed by atoms with E-state index in [1.807, 2.05) is 25.1 Å². The first-order valence-corrected chi connectivity index (χ1v) is 5.89. The number of carboxylic acids is 1. The predicted molar refractivity (Wildman–Crippen MR) is 65.4 cm³/mol. The van der Waals surface area contributed by atoms with Crippen LogP contribution < -0.4 is 4.90 Å². The van der Waals surface area contributed by atoms with Gasteiger partial charge in [-0.05, 0) is 25.0 Å². The lowest BCUT2D eigenvalue weighted by atomic mass is 10.2. The van der Waals surface area contributed by atoms with E-state index in [-0.39, 0.29) is 0 Å². The minimum Gasteiger partial charge on any atom is -0.479 e. The summed E-state index contributed by atoms with van der Waals surface area (Å²) in [7, 11) is 0. The first-order valence-electron chi connectivity index (χ1n) is 5.89. The second-order valence-electron chi connectivity index (χ2n) is 4.11. The van der Waals surface area contributed by atoms with E-state index in [2.05, 4.69) is 11.0 Å². The molecule has 1 N–H and O–H groups in total. The highest BCUT2D eigenvalue weighted by Crippen LogP contribution is 2.27. The maximum absolute atomic E-state index is 11.0. The number of anilines is 1. The van der Waals surface area contributed by atoms with Gasteiger partial charge < -0.3 is 14.7 Å². The van der Waals surface area contributed by atoms with Crippen LogP contribution in [-0.4, -0.2) is 36.9 Å². The Labute approximate surface area is 101 Å². The van der Waals surface area contributed by atoms with Crippen LogP contribution in [0.4, 0.5) is 5.69 Å². The van der Waals surface area contributed by atoms with Gasteiger partial charge in [-0.1, -0.05) is 18.2 Å². The van der Waals surface area contributed by atoms with Gasteiger partial charge in [-0.25, -0.2) is 4.79 Å². The van der Waals surface area contributed by atoms with Gasteiger partial charge in [0.25, 0.3) is 0 Å². The van der Waals surface area contributed by atoms with Crippen molar-refractivity contribution in [3.8, 4) is 0 Å². The lowest BCUT2D eigenvalue weighted by Crippen LogP contribution is -2.38. The average molecular weight is 235 g/mol. The van der Waals surface area contributed by atoms with E-state index < -0.39 is 12.1 Å². The molecule has 0 fully saturated rings. The first kappa shape index (κ1) is 11.9. The molecule has 4 nitrogen and oxygen atoms in total. The molecular formula is C13H17NO3. The molecule has 0 aromatic heterocycles. The summed E-state index contributed by atoms with van der Waals surface area (Å²) in [4.78, 5) is 13.1. The smallest absolute Gasteiger partial charge is 0.334 e. The Hall–Kier alpha value is -1.55. The second kappa shape index (κ2) is 5.19. The molecule has 0 bridgehead atoms. The van der Waals surface area contributed by atoms with Gasteiger partial charge in [-0.3, -0.25) is 0 Å². The molecule has 0 saturated carbocycles. The highest BCUT2D eigenvalue weighted by molar-refractivity contribution is 5.73.